The molecule has 0 amide bonds. The van der Waals surface area contributed by atoms with E-state index >= 15 is 0 Å². The average molecular weight is 323 g/mol. The first-order chi connectivity index (χ1) is 11.3. The Hall–Kier alpha value is -1.91. The fourth-order valence-electron chi connectivity index (χ4n) is 3.35. The Labute approximate surface area is 141 Å². The van der Waals surface area contributed by atoms with E-state index < -0.39 is 0 Å². The molecule has 0 radical (unpaired) electrons. The Morgan fingerprint density at radius 1 is 1.00 bits per heavy atom. The quantitative estimate of drug-likeness (QED) is 0.721. The first-order valence-electron chi connectivity index (χ1n) is 8.18. The third-order valence-corrected chi connectivity index (χ3v) is 5.63. The molecule has 2 aromatic carbocycles. The van der Waals surface area contributed by atoms with Gasteiger partial charge in [-0.05, 0) is 36.8 Å². The topological polar surface area (TPSA) is 19.4 Å². The van der Waals surface area contributed by atoms with Crippen molar-refractivity contribution in [3.8, 4) is 0 Å². The first-order valence-corrected chi connectivity index (χ1v) is 9.06. The lowest BCUT2D eigenvalue weighted by Gasteiger charge is -2.39. The number of anilines is 1. The minimum Gasteiger partial charge on any atom is -0.369 e. The Morgan fingerprint density at radius 2 is 1.78 bits per heavy atom. The summed E-state index contributed by atoms with van der Waals surface area (Å²) in [6, 6.07) is 17.9. The van der Waals surface area contributed by atoms with Gasteiger partial charge in [-0.15, -0.1) is 11.3 Å². The predicted molar refractivity (Wildman–Crippen MR) is 98.3 cm³/mol. The molecular weight excluding hydrogens is 302 g/mol. The number of hydrogen-bond donors (Lipinski definition) is 0. The summed E-state index contributed by atoms with van der Waals surface area (Å²) in [6.07, 6.45) is 0. The molecule has 1 aliphatic heterocycles. The average Bonchev–Trinajstić information content (AvgIpc) is 3.10. The van der Waals surface area contributed by atoms with Crippen LogP contribution in [-0.2, 0) is 0 Å². The zero-order valence-corrected chi connectivity index (χ0v) is 14.2. The molecule has 0 saturated carbocycles. The van der Waals surface area contributed by atoms with Crippen molar-refractivity contribution in [2.75, 3.05) is 31.1 Å². The van der Waals surface area contributed by atoms with Crippen LogP contribution in [0, 0.1) is 0 Å². The summed E-state index contributed by atoms with van der Waals surface area (Å²) in [4.78, 5) is 9.51. The molecule has 1 aliphatic rings. The number of aromatic nitrogens is 1. The molecule has 4 rings (SSSR count). The maximum Gasteiger partial charge on any atom is 0.0815 e. The fourth-order valence-corrected chi connectivity index (χ4v) is 4.01. The highest BCUT2D eigenvalue weighted by atomic mass is 32.1. The highest BCUT2D eigenvalue weighted by molar-refractivity contribution is 7.16. The van der Waals surface area contributed by atoms with Crippen molar-refractivity contribution < 1.29 is 0 Å². The summed E-state index contributed by atoms with van der Waals surface area (Å²) in [5.74, 6) is 0. The van der Waals surface area contributed by atoms with Gasteiger partial charge in [-0.25, -0.2) is 4.98 Å². The minimum atomic E-state index is 0.444. The second kappa shape index (κ2) is 6.30. The van der Waals surface area contributed by atoms with Crippen molar-refractivity contribution in [3.63, 3.8) is 0 Å². The van der Waals surface area contributed by atoms with Gasteiger partial charge in [0.1, 0.15) is 0 Å². The van der Waals surface area contributed by atoms with Crippen LogP contribution in [-0.4, -0.2) is 36.1 Å². The van der Waals surface area contributed by atoms with E-state index in [1.54, 1.807) is 11.3 Å². The SMILES string of the molecule is CC(c1ccc2scnc2c1)N1CCN(c2ccccc2)CC1. The van der Waals surface area contributed by atoms with Crippen LogP contribution in [0.15, 0.2) is 54.0 Å². The molecule has 23 heavy (non-hydrogen) atoms. The third-order valence-electron chi connectivity index (χ3n) is 4.82. The summed E-state index contributed by atoms with van der Waals surface area (Å²) < 4.78 is 1.27. The lowest BCUT2D eigenvalue weighted by Crippen LogP contribution is -2.47. The van der Waals surface area contributed by atoms with Gasteiger partial charge in [-0.3, -0.25) is 4.90 Å². The molecule has 0 bridgehead atoms. The van der Waals surface area contributed by atoms with Crippen molar-refractivity contribution in [1.29, 1.82) is 0 Å². The standard InChI is InChI=1S/C19H21N3S/c1-15(16-7-8-19-18(13-16)20-14-23-19)21-9-11-22(12-10-21)17-5-3-2-4-6-17/h2-8,13-15H,9-12H2,1H3. The molecule has 2 heterocycles. The summed E-state index contributed by atoms with van der Waals surface area (Å²) in [6.45, 7) is 6.70. The summed E-state index contributed by atoms with van der Waals surface area (Å²) in [5, 5.41) is 0. The molecule has 1 fully saturated rings. The van der Waals surface area contributed by atoms with Crippen LogP contribution in [0.5, 0.6) is 0 Å². The van der Waals surface area contributed by atoms with E-state index in [4.69, 9.17) is 0 Å². The second-order valence-corrected chi connectivity index (χ2v) is 7.00. The number of benzene rings is 2. The Balaban J connectivity index is 1.45. The van der Waals surface area contributed by atoms with Crippen LogP contribution in [0.2, 0.25) is 0 Å². The molecule has 3 nitrogen and oxygen atoms in total. The Bertz CT molecular complexity index is 775. The van der Waals surface area contributed by atoms with E-state index in [0.717, 1.165) is 31.7 Å². The number of piperazine rings is 1. The largest absolute Gasteiger partial charge is 0.369 e. The summed E-state index contributed by atoms with van der Waals surface area (Å²) in [7, 11) is 0. The molecule has 0 N–H and O–H groups in total. The van der Waals surface area contributed by atoms with Crippen LogP contribution in [0.3, 0.4) is 0 Å². The molecule has 0 aliphatic carbocycles. The third kappa shape index (κ3) is 2.96. The van der Waals surface area contributed by atoms with Gasteiger partial charge in [0.15, 0.2) is 0 Å². The predicted octanol–water partition coefficient (Wildman–Crippen LogP) is 4.18. The summed E-state index contributed by atoms with van der Waals surface area (Å²) in [5.41, 5.74) is 5.76. The van der Waals surface area contributed by atoms with Crippen LogP contribution in [0.4, 0.5) is 5.69 Å². The molecule has 3 aromatic rings. The van der Waals surface area contributed by atoms with E-state index in [1.807, 2.05) is 5.51 Å². The van der Waals surface area contributed by atoms with E-state index in [2.05, 4.69) is 70.2 Å². The normalized spacial score (nSPS) is 17.5. The first kappa shape index (κ1) is 14.7. The van der Waals surface area contributed by atoms with E-state index in [1.165, 1.54) is 16.0 Å². The Morgan fingerprint density at radius 3 is 2.57 bits per heavy atom. The Kier molecular flexibility index (Phi) is 4.02. The number of hydrogen-bond acceptors (Lipinski definition) is 4. The van der Waals surface area contributed by atoms with E-state index in [0.29, 0.717) is 6.04 Å². The molecule has 0 spiro atoms. The van der Waals surface area contributed by atoms with Crippen molar-refractivity contribution in [2.45, 2.75) is 13.0 Å². The highest BCUT2D eigenvalue weighted by Crippen LogP contribution is 2.27. The van der Waals surface area contributed by atoms with Gasteiger partial charge in [0, 0.05) is 37.9 Å². The number of thiazole rings is 1. The number of rotatable bonds is 3. The van der Waals surface area contributed by atoms with Gasteiger partial charge >= 0.3 is 0 Å². The minimum absolute atomic E-state index is 0.444. The smallest absolute Gasteiger partial charge is 0.0815 e. The molecule has 1 atom stereocenters. The zero-order chi connectivity index (χ0) is 15.6. The van der Waals surface area contributed by atoms with Crippen molar-refractivity contribution >= 4 is 27.2 Å². The van der Waals surface area contributed by atoms with Crippen LogP contribution in [0.1, 0.15) is 18.5 Å². The molecule has 4 heteroatoms. The van der Waals surface area contributed by atoms with E-state index in [-0.39, 0.29) is 0 Å². The molecule has 1 saturated heterocycles. The van der Waals surface area contributed by atoms with Gasteiger partial charge in [0.2, 0.25) is 0 Å². The summed E-state index contributed by atoms with van der Waals surface area (Å²) >= 11 is 1.71. The van der Waals surface area contributed by atoms with Crippen LogP contribution in [0.25, 0.3) is 10.2 Å². The molecule has 118 valence electrons. The van der Waals surface area contributed by atoms with Gasteiger partial charge in [-0.2, -0.15) is 0 Å². The van der Waals surface area contributed by atoms with Crippen molar-refractivity contribution in [2.24, 2.45) is 0 Å². The maximum atomic E-state index is 4.45. The maximum absolute atomic E-state index is 4.45. The van der Waals surface area contributed by atoms with Gasteiger partial charge in [0.25, 0.3) is 0 Å². The number of fused-ring (bicyclic) bond motifs is 1. The highest BCUT2D eigenvalue weighted by Gasteiger charge is 2.22. The monoisotopic (exact) mass is 323 g/mol. The number of para-hydroxylation sites is 1. The van der Waals surface area contributed by atoms with Crippen LogP contribution >= 0.6 is 11.3 Å². The second-order valence-electron chi connectivity index (χ2n) is 6.11. The van der Waals surface area contributed by atoms with Crippen LogP contribution < -0.4 is 4.90 Å². The van der Waals surface area contributed by atoms with Crippen molar-refractivity contribution in [3.05, 3.63) is 59.6 Å². The lowest BCUT2D eigenvalue weighted by atomic mass is 10.1. The van der Waals surface area contributed by atoms with Gasteiger partial charge < -0.3 is 4.90 Å². The zero-order valence-electron chi connectivity index (χ0n) is 13.4. The lowest BCUT2D eigenvalue weighted by molar-refractivity contribution is 0.198. The fraction of sp³-hybridized carbons (Fsp3) is 0.316. The molecule has 1 unspecified atom stereocenters. The molecular formula is C19H21N3S. The van der Waals surface area contributed by atoms with Gasteiger partial charge in [-0.1, -0.05) is 24.3 Å². The number of nitrogens with zero attached hydrogens (tertiary/aromatic N) is 3. The van der Waals surface area contributed by atoms with E-state index in [9.17, 15) is 0 Å². The van der Waals surface area contributed by atoms with Crippen molar-refractivity contribution in [1.82, 2.24) is 9.88 Å². The van der Waals surface area contributed by atoms with Gasteiger partial charge in [0.05, 0.1) is 15.7 Å². The molecule has 1 aromatic heterocycles.